The molecule has 102 valence electrons. The molecule has 0 amide bonds. The van der Waals surface area contributed by atoms with Crippen LogP contribution >= 0.6 is 0 Å². The summed E-state index contributed by atoms with van der Waals surface area (Å²) in [6.07, 6.45) is 0. The maximum absolute atomic E-state index is 12.2. The van der Waals surface area contributed by atoms with Crippen molar-refractivity contribution in [1.29, 1.82) is 0 Å². The van der Waals surface area contributed by atoms with E-state index in [1.807, 2.05) is 0 Å². The van der Waals surface area contributed by atoms with Crippen molar-refractivity contribution in [3.8, 4) is 0 Å². The molecule has 0 aromatic carbocycles. The van der Waals surface area contributed by atoms with Crippen LogP contribution in [0.4, 0.5) is 0 Å². The number of nitrogens with zero attached hydrogens (tertiary/aromatic N) is 3. The van der Waals surface area contributed by atoms with E-state index < -0.39 is 7.12 Å². The first-order valence-corrected chi connectivity index (χ1v) is 6.13. The molecule has 7 heteroatoms. The molecular formula is C12H18BN3O3. The predicted octanol–water partition coefficient (Wildman–Crippen LogP) is -0.539. The van der Waals surface area contributed by atoms with E-state index in [4.69, 9.17) is 10.0 Å². The Morgan fingerprint density at radius 2 is 1.95 bits per heavy atom. The van der Waals surface area contributed by atoms with Crippen molar-refractivity contribution in [3.05, 3.63) is 22.6 Å². The zero-order chi connectivity index (χ0) is 14.4. The molecule has 2 aromatic heterocycles. The molecule has 0 saturated heterocycles. The number of hydrogen-bond acceptors (Lipinski definition) is 4. The number of imidazole rings is 1. The van der Waals surface area contributed by atoms with Gasteiger partial charge in [0.15, 0.2) is 5.65 Å². The van der Waals surface area contributed by atoms with Crippen molar-refractivity contribution < 1.29 is 10.0 Å². The van der Waals surface area contributed by atoms with Crippen molar-refractivity contribution in [2.75, 3.05) is 0 Å². The van der Waals surface area contributed by atoms with Gasteiger partial charge in [0.25, 0.3) is 0 Å². The Morgan fingerprint density at radius 1 is 1.32 bits per heavy atom. The molecule has 2 heterocycles. The topological polar surface area (TPSA) is 80.3 Å². The zero-order valence-electron chi connectivity index (χ0n) is 11.6. The molecule has 0 spiro atoms. The molecule has 0 fully saturated rings. The summed E-state index contributed by atoms with van der Waals surface area (Å²) in [5.74, 6) is 0. The van der Waals surface area contributed by atoms with Gasteiger partial charge < -0.3 is 10.0 Å². The van der Waals surface area contributed by atoms with Crippen LogP contribution in [0.5, 0.6) is 0 Å². The second kappa shape index (κ2) is 4.50. The normalized spacial score (nSPS) is 12.1. The Bertz CT molecular complexity index is 667. The van der Waals surface area contributed by atoms with E-state index in [1.165, 1.54) is 10.6 Å². The summed E-state index contributed by atoms with van der Waals surface area (Å²) in [6, 6.07) is 3.22. The second-order valence-electron chi connectivity index (χ2n) is 5.94. The van der Waals surface area contributed by atoms with Gasteiger partial charge in [-0.05, 0) is 17.5 Å². The number of pyridine rings is 1. The van der Waals surface area contributed by atoms with E-state index in [9.17, 15) is 4.79 Å². The summed E-state index contributed by atoms with van der Waals surface area (Å²) in [6.45, 7) is 6.73. The van der Waals surface area contributed by atoms with E-state index >= 15 is 0 Å². The first-order chi connectivity index (χ1) is 8.70. The summed E-state index contributed by atoms with van der Waals surface area (Å²) in [5.41, 5.74) is 1.11. The lowest BCUT2D eigenvalue weighted by Gasteiger charge is -2.18. The van der Waals surface area contributed by atoms with Crippen LogP contribution in [-0.2, 0) is 13.6 Å². The molecule has 2 rings (SSSR count). The molecule has 0 unspecified atom stereocenters. The average molecular weight is 263 g/mol. The molecule has 0 aliphatic rings. The average Bonchev–Trinajstić information content (AvgIpc) is 2.52. The maximum atomic E-state index is 12.2. The third-order valence-corrected chi connectivity index (χ3v) is 2.90. The van der Waals surface area contributed by atoms with Gasteiger partial charge >= 0.3 is 12.8 Å². The lowest BCUT2D eigenvalue weighted by molar-refractivity contribution is 0.342. The number of rotatable bonds is 2. The van der Waals surface area contributed by atoms with Gasteiger partial charge in [-0.15, -0.1) is 0 Å². The summed E-state index contributed by atoms with van der Waals surface area (Å²) < 4.78 is 3.09. The summed E-state index contributed by atoms with van der Waals surface area (Å²) in [4.78, 5) is 16.3. The standard InChI is InChI=1S/C12H18BN3O3/c1-12(2,3)7-16-8-5-6-9(13(18)19)14-10(8)15(4)11(16)17/h5-6,18-19H,7H2,1-4H3. The summed E-state index contributed by atoms with van der Waals surface area (Å²) in [7, 11) is -0.00450. The monoisotopic (exact) mass is 263 g/mol. The molecule has 2 aromatic rings. The Labute approximate surface area is 111 Å². The minimum atomic E-state index is -1.63. The lowest BCUT2D eigenvalue weighted by atomic mass is 9.86. The van der Waals surface area contributed by atoms with Crippen LogP contribution in [0.15, 0.2) is 16.9 Å². The highest BCUT2D eigenvalue weighted by Crippen LogP contribution is 2.18. The quantitative estimate of drug-likeness (QED) is 0.713. The van der Waals surface area contributed by atoms with Crippen LogP contribution in [0.3, 0.4) is 0 Å². The third kappa shape index (κ3) is 2.57. The summed E-state index contributed by atoms with van der Waals surface area (Å²) >= 11 is 0. The minimum absolute atomic E-state index is 0.0345. The molecule has 0 bridgehead atoms. The largest absolute Gasteiger partial charge is 0.508 e. The SMILES string of the molecule is Cn1c(=O)n(CC(C)(C)C)c2ccc(B(O)O)nc21. The highest BCUT2D eigenvalue weighted by molar-refractivity contribution is 6.57. The number of fused-ring (bicyclic) bond motifs is 1. The predicted molar refractivity (Wildman–Crippen MR) is 74.3 cm³/mol. The Morgan fingerprint density at radius 3 is 2.47 bits per heavy atom. The zero-order valence-corrected chi connectivity index (χ0v) is 11.6. The van der Waals surface area contributed by atoms with E-state index in [0.717, 1.165) is 0 Å². The van der Waals surface area contributed by atoms with Crippen LogP contribution in [0.1, 0.15) is 20.8 Å². The highest BCUT2D eigenvalue weighted by Gasteiger charge is 2.20. The second-order valence-corrected chi connectivity index (χ2v) is 5.94. The fourth-order valence-corrected chi connectivity index (χ4v) is 2.06. The minimum Gasteiger partial charge on any atom is -0.422 e. The van der Waals surface area contributed by atoms with Crippen molar-refractivity contribution in [2.24, 2.45) is 12.5 Å². The van der Waals surface area contributed by atoms with Gasteiger partial charge in [-0.3, -0.25) is 9.13 Å². The first kappa shape index (κ1) is 13.8. The van der Waals surface area contributed by atoms with Gasteiger partial charge in [0.05, 0.1) is 11.1 Å². The lowest BCUT2D eigenvalue weighted by Crippen LogP contribution is -2.32. The van der Waals surface area contributed by atoms with E-state index in [0.29, 0.717) is 17.7 Å². The fourth-order valence-electron chi connectivity index (χ4n) is 2.06. The molecule has 0 radical (unpaired) electrons. The molecule has 0 aliphatic carbocycles. The Kier molecular flexibility index (Phi) is 3.28. The molecule has 0 aliphatic heterocycles. The number of hydrogen-bond donors (Lipinski definition) is 2. The molecule has 6 nitrogen and oxygen atoms in total. The molecule has 2 N–H and O–H groups in total. The van der Waals surface area contributed by atoms with Crippen molar-refractivity contribution in [2.45, 2.75) is 27.3 Å². The fraction of sp³-hybridized carbons (Fsp3) is 0.500. The molecule has 0 saturated carbocycles. The van der Waals surface area contributed by atoms with Gasteiger partial charge in [-0.25, -0.2) is 9.78 Å². The van der Waals surface area contributed by atoms with Crippen LogP contribution in [0.2, 0.25) is 0 Å². The van der Waals surface area contributed by atoms with Gasteiger partial charge in [-0.1, -0.05) is 20.8 Å². The van der Waals surface area contributed by atoms with Gasteiger partial charge in [0, 0.05) is 13.6 Å². The van der Waals surface area contributed by atoms with Crippen molar-refractivity contribution in [1.82, 2.24) is 14.1 Å². The molecular weight excluding hydrogens is 245 g/mol. The van der Waals surface area contributed by atoms with E-state index in [-0.39, 0.29) is 16.7 Å². The summed E-state index contributed by atoms with van der Waals surface area (Å²) in [5, 5.41) is 18.3. The van der Waals surface area contributed by atoms with Gasteiger partial charge in [-0.2, -0.15) is 0 Å². The van der Waals surface area contributed by atoms with Crippen LogP contribution in [-0.4, -0.2) is 31.3 Å². The molecule has 0 atom stereocenters. The Hall–Kier alpha value is -1.60. The van der Waals surface area contributed by atoms with E-state index in [2.05, 4.69) is 25.8 Å². The van der Waals surface area contributed by atoms with Gasteiger partial charge in [0.1, 0.15) is 0 Å². The van der Waals surface area contributed by atoms with Crippen LogP contribution in [0.25, 0.3) is 11.2 Å². The maximum Gasteiger partial charge on any atom is 0.508 e. The van der Waals surface area contributed by atoms with Crippen molar-refractivity contribution in [3.63, 3.8) is 0 Å². The van der Waals surface area contributed by atoms with Crippen molar-refractivity contribution >= 4 is 23.9 Å². The molecule has 19 heavy (non-hydrogen) atoms. The number of aryl methyl sites for hydroxylation is 1. The Balaban J connectivity index is 2.67. The van der Waals surface area contributed by atoms with Gasteiger partial charge in [0.2, 0.25) is 0 Å². The number of aromatic nitrogens is 3. The van der Waals surface area contributed by atoms with Crippen LogP contribution < -0.4 is 11.3 Å². The van der Waals surface area contributed by atoms with E-state index in [1.54, 1.807) is 17.7 Å². The highest BCUT2D eigenvalue weighted by atomic mass is 16.4. The third-order valence-electron chi connectivity index (χ3n) is 2.90. The van der Waals surface area contributed by atoms with Crippen LogP contribution in [0, 0.1) is 5.41 Å². The first-order valence-electron chi connectivity index (χ1n) is 6.13. The smallest absolute Gasteiger partial charge is 0.422 e.